The number of benzene rings is 3. The summed E-state index contributed by atoms with van der Waals surface area (Å²) < 4.78 is 8.37. The fourth-order valence-electron chi connectivity index (χ4n) is 5.32. The lowest BCUT2D eigenvalue weighted by molar-refractivity contribution is 0.173. The molecule has 0 bridgehead atoms. The average molecular weight is 467 g/mol. The van der Waals surface area contributed by atoms with Crippen molar-refractivity contribution < 1.29 is 4.74 Å². The van der Waals surface area contributed by atoms with E-state index in [1.165, 1.54) is 40.4 Å². The van der Waals surface area contributed by atoms with E-state index in [0.717, 1.165) is 38.5 Å². The van der Waals surface area contributed by atoms with Gasteiger partial charge in [-0.25, -0.2) is 0 Å². The van der Waals surface area contributed by atoms with E-state index in [4.69, 9.17) is 4.74 Å². The molecule has 3 aromatic carbocycles. The molecule has 5 rings (SSSR count). The van der Waals surface area contributed by atoms with Gasteiger partial charge in [0.2, 0.25) is 0 Å². The minimum atomic E-state index is 0.189. The maximum Gasteiger partial charge on any atom is 0.119 e. The molecule has 2 heterocycles. The van der Waals surface area contributed by atoms with Crippen LogP contribution in [-0.4, -0.2) is 35.7 Å². The molecule has 0 unspecified atom stereocenters. The Morgan fingerprint density at radius 2 is 1.51 bits per heavy atom. The van der Waals surface area contributed by atoms with Crippen molar-refractivity contribution in [1.82, 2.24) is 9.47 Å². The van der Waals surface area contributed by atoms with E-state index < -0.39 is 0 Å². The first kappa shape index (κ1) is 23.7. The Morgan fingerprint density at radius 3 is 2.23 bits per heavy atom. The molecule has 35 heavy (non-hydrogen) atoms. The van der Waals surface area contributed by atoms with Gasteiger partial charge in [0.25, 0.3) is 0 Å². The van der Waals surface area contributed by atoms with Crippen LogP contribution in [0.5, 0.6) is 5.75 Å². The molecule has 4 aromatic rings. The van der Waals surface area contributed by atoms with Crippen molar-refractivity contribution in [1.29, 1.82) is 0 Å². The van der Waals surface area contributed by atoms with Gasteiger partial charge in [-0.15, -0.1) is 0 Å². The molecule has 0 amide bonds. The normalized spacial score (nSPS) is 15.5. The SMILES string of the molecule is CC(C)(C)c1ccc(Cn2cc(C3CCN(CCOc4ccccc4)CC3)c3ccccc32)cc1. The molecule has 3 nitrogen and oxygen atoms in total. The Bertz CT molecular complexity index is 1230. The van der Waals surface area contributed by atoms with Crippen LogP contribution in [0.4, 0.5) is 0 Å². The lowest BCUT2D eigenvalue weighted by Gasteiger charge is -2.31. The van der Waals surface area contributed by atoms with Crippen LogP contribution >= 0.6 is 0 Å². The van der Waals surface area contributed by atoms with Gasteiger partial charge in [0, 0.05) is 30.2 Å². The molecule has 1 saturated heterocycles. The summed E-state index contributed by atoms with van der Waals surface area (Å²) in [7, 11) is 0. The molecule has 0 N–H and O–H groups in total. The highest BCUT2D eigenvalue weighted by atomic mass is 16.5. The molecule has 182 valence electrons. The second-order valence-corrected chi connectivity index (χ2v) is 11.0. The molecule has 0 atom stereocenters. The molecule has 3 heteroatoms. The number of likely N-dealkylation sites (tertiary alicyclic amines) is 1. The lowest BCUT2D eigenvalue weighted by atomic mass is 9.87. The van der Waals surface area contributed by atoms with E-state index in [2.05, 4.69) is 85.0 Å². The van der Waals surface area contributed by atoms with Crippen molar-refractivity contribution in [2.75, 3.05) is 26.2 Å². The number of fused-ring (bicyclic) bond motifs is 1. The number of hydrogen-bond donors (Lipinski definition) is 0. The first-order valence-corrected chi connectivity index (χ1v) is 13.0. The van der Waals surface area contributed by atoms with Crippen LogP contribution in [-0.2, 0) is 12.0 Å². The smallest absolute Gasteiger partial charge is 0.119 e. The van der Waals surface area contributed by atoms with Crippen molar-refractivity contribution in [2.24, 2.45) is 0 Å². The second-order valence-electron chi connectivity index (χ2n) is 11.0. The van der Waals surface area contributed by atoms with E-state index in [9.17, 15) is 0 Å². The molecule has 0 radical (unpaired) electrons. The monoisotopic (exact) mass is 466 g/mol. The van der Waals surface area contributed by atoms with Gasteiger partial charge in [-0.2, -0.15) is 0 Å². The van der Waals surface area contributed by atoms with Gasteiger partial charge in [0.15, 0.2) is 0 Å². The Labute approximate surface area is 210 Å². The molecular formula is C32H38N2O. The van der Waals surface area contributed by atoms with Crippen LogP contribution in [0.3, 0.4) is 0 Å². The molecule has 0 aliphatic carbocycles. The largest absolute Gasteiger partial charge is 0.492 e. The summed E-state index contributed by atoms with van der Waals surface area (Å²) in [4.78, 5) is 2.55. The summed E-state index contributed by atoms with van der Waals surface area (Å²) in [6.45, 7) is 11.8. The number of ether oxygens (including phenoxy) is 1. The van der Waals surface area contributed by atoms with Gasteiger partial charge in [0.1, 0.15) is 12.4 Å². The van der Waals surface area contributed by atoms with Crippen molar-refractivity contribution in [2.45, 2.75) is 51.5 Å². The van der Waals surface area contributed by atoms with Crippen LogP contribution in [0.15, 0.2) is 85.1 Å². The maximum absolute atomic E-state index is 5.92. The van der Waals surface area contributed by atoms with Crippen LogP contribution in [0.2, 0.25) is 0 Å². The van der Waals surface area contributed by atoms with Gasteiger partial charge in [-0.3, -0.25) is 4.90 Å². The summed E-state index contributed by atoms with van der Waals surface area (Å²) in [6.07, 6.45) is 4.85. The van der Waals surface area contributed by atoms with Crippen molar-refractivity contribution in [3.8, 4) is 5.75 Å². The number of hydrogen-bond acceptors (Lipinski definition) is 2. The minimum absolute atomic E-state index is 0.189. The van der Waals surface area contributed by atoms with Gasteiger partial charge in [-0.1, -0.05) is 81.4 Å². The van der Waals surface area contributed by atoms with E-state index in [1.54, 1.807) is 0 Å². The predicted octanol–water partition coefficient (Wildman–Crippen LogP) is 7.25. The minimum Gasteiger partial charge on any atom is -0.492 e. The Kier molecular flexibility index (Phi) is 6.97. The highest BCUT2D eigenvalue weighted by molar-refractivity contribution is 5.84. The Hall–Kier alpha value is -3.04. The summed E-state index contributed by atoms with van der Waals surface area (Å²) in [6, 6.07) is 28.2. The molecule has 0 spiro atoms. The first-order chi connectivity index (χ1) is 17.0. The van der Waals surface area contributed by atoms with Gasteiger partial charge in [0.05, 0.1) is 0 Å². The molecule has 1 fully saturated rings. The maximum atomic E-state index is 5.92. The third kappa shape index (κ3) is 5.62. The van der Waals surface area contributed by atoms with Gasteiger partial charge < -0.3 is 9.30 Å². The third-order valence-corrected chi connectivity index (χ3v) is 7.44. The fourth-order valence-corrected chi connectivity index (χ4v) is 5.32. The van der Waals surface area contributed by atoms with E-state index >= 15 is 0 Å². The quantitative estimate of drug-likeness (QED) is 0.285. The zero-order valence-corrected chi connectivity index (χ0v) is 21.4. The lowest BCUT2D eigenvalue weighted by Crippen LogP contribution is -2.35. The van der Waals surface area contributed by atoms with Crippen LogP contribution < -0.4 is 4.74 Å². The zero-order chi connectivity index (χ0) is 24.3. The molecule has 1 aliphatic rings. The molecular weight excluding hydrogens is 428 g/mol. The number of rotatable bonds is 7. The van der Waals surface area contributed by atoms with Crippen LogP contribution in [0.1, 0.15) is 56.2 Å². The third-order valence-electron chi connectivity index (χ3n) is 7.44. The van der Waals surface area contributed by atoms with E-state index in [0.29, 0.717) is 5.92 Å². The standard InChI is InChI=1S/C32H38N2O/c1-32(2,3)27-15-13-25(14-16-27)23-34-24-30(29-11-7-8-12-31(29)34)26-17-19-33(20-18-26)21-22-35-28-9-5-4-6-10-28/h4-16,24,26H,17-23H2,1-3H3. The number of aromatic nitrogens is 1. The summed E-state index contributed by atoms with van der Waals surface area (Å²) >= 11 is 0. The fraction of sp³-hybridized carbons (Fsp3) is 0.375. The van der Waals surface area contributed by atoms with Gasteiger partial charge >= 0.3 is 0 Å². The van der Waals surface area contributed by atoms with E-state index in [-0.39, 0.29) is 5.41 Å². The highest BCUT2D eigenvalue weighted by Crippen LogP contribution is 2.35. The zero-order valence-electron chi connectivity index (χ0n) is 21.4. The number of para-hydroxylation sites is 2. The number of nitrogens with zero attached hydrogens (tertiary/aromatic N) is 2. The molecule has 1 aliphatic heterocycles. The first-order valence-electron chi connectivity index (χ1n) is 13.0. The Morgan fingerprint density at radius 1 is 0.829 bits per heavy atom. The van der Waals surface area contributed by atoms with Crippen LogP contribution in [0, 0.1) is 0 Å². The topological polar surface area (TPSA) is 17.4 Å². The van der Waals surface area contributed by atoms with E-state index in [1.807, 2.05) is 30.3 Å². The average Bonchev–Trinajstić information content (AvgIpc) is 3.23. The molecule has 0 saturated carbocycles. The van der Waals surface area contributed by atoms with Crippen molar-refractivity contribution in [3.05, 3.63) is 102 Å². The highest BCUT2D eigenvalue weighted by Gasteiger charge is 2.24. The van der Waals surface area contributed by atoms with Gasteiger partial charge in [-0.05, 0) is 72.2 Å². The predicted molar refractivity (Wildman–Crippen MR) is 147 cm³/mol. The molecule has 1 aromatic heterocycles. The summed E-state index contributed by atoms with van der Waals surface area (Å²) in [5.41, 5.74) is 5.81. The number of piperidine rings is 1. The second kappa shape index (κ2) is 10.3. The van der Waals surface area contributed by atoms with Crippen molar-refractivity contribution >= 4 is 10.9 Å². The Balaban J connectivity index is 1.24. The van der Waals surface area contributed by atoms with Crippen molar-refractivity contribution in [3.63, 3.8) is 0 Å². The van der Waals surface area contributed by atoms with Crippen LogP contribution in [0.25, 0.3) is 10.9 Å². The summed E-state index contributed by atoms with van der Waals surface area (Å²) in [5.74, 6) is 1.58. The summed E-state index contributed by atoms with van der Waals surface area (Å²) in [5, 5.41) is 1.42.